The molecule has 0 aromatic heterocycles. The van der Waals surface area contributed by atoms with Crippen LogP contribution in [0.15, 0.2) is 18.2 Å². The van der Waals surface area contributed by atoms with Crippen LogP contribution in [-0.2, 0) is 5.21 Å². The van der Waals surface area contributed by atoms with Gasteiger partial charge in [-0.2, -0.15) is 0 Å². The van der Waals surface area contributed by atoms with Crippen molar-refractivity contribution in [3.63, 3.8) is 0 Å². The second-order valence-electron chi connectivity index (χ2n) is 1.89. The minimum absolute atomic E-state index is 0.283. The summed E-state index contributed by atoms with van der Waals surface area (Å²) >= 11 is 8.08. The first-order chi connectivity index (χ1) is 4.74. The Morgan fingerprint density at radius 2 is 2.20 bits per heavy atom. The zero-order valence-corrected chi connectivity index (χ0v) is 7.77. The minimum atomic E-state index is -0.283. The molecule has 0 nitrogen and oxygen atoms in total. The summed E-state index contributed by atoms with van der Waals surface area (Å²) in [6, 6.07) is 4.43. The second kappa shape index (κ2) is 3.41. The Labute approximate surface area is 72.9 Å². The van der Waals surface area contributed by atoms with Gasteiger partial charge in [0.1, 0.15) is 0 Å². The molecule has 10 heavy (non-hydrogen) atoms. The molecule has 0 fully saturated rings. The first kappa shape index (κ1) is 8.10. The Morgan fingerprint density at radius 3 is 2.70 bits per heavy atom. The Bertz CT molecular complexity index is 237. The molecule has 0 atom stereocenters. The van der Waals surface area contributed by atoms with Crippen molar-refractivity contribution >= 4 is 28.5 Å². The van der Waals surface area contributed by atoms with Crippen LogP contribution in [0, 0.1) is 5.82 Å². The van der Waals surface area contributed by atoms with Gasteiger partial charge < -0.3 is 0 Å². The quantitative estimate of drug-likeness (QED) is 0.634. The summed E-state index contributed by atoms with van der Waals surface area (Å²) in [5, 5.41) is 1.28. The van der Waals surface area contributed by atoms with Crippen molar-refractivity contribution in [1.82, 2.24) is 0 Å². The van der Waals surface area contributed by atoms with Crippen LogP contribution in [0.3, 0.4) is 0 Å². The molecule has 3 heteroatoms. The van der Waals surface area contributed by atoms with Crippen LogP contribution in [0.1, 0.15) is 5.56 Å². The molecule has 0 spiro atoms. The van der Waals surface area contributed by atoms with Gasteiger partial charge in [0.25, 0.3) is 0 Å². The van der Waals surface area contributed by atoms with Gasteiger partial charge in [-0.25, -0.2) is 0 Å². The third-order valence-electron chi connectivity index (χ3n) is 1.19. The van der Waals surface area contributed by atoms with Gasteiger partial charge in [-0.05, 0) is 0 Å². The molecule has 0 aliphatic carbocycles. The van der Waals surface area contributed by atoms with Crippen molar-refractivity contribution in [2.45, 2.75) is 5.21 Å². The first-order valence-electron chi connectivity index (χ1n) is 2.79. The van der Waals surface area contributed by atoms with Crippen LogP contribution in [0.2, 0.25) is 5.02 Å². The molecule has 0 unspecified atom stereocenters. The van der Waals surface area contributed by atoms with Crippen LogP contribution < -0.4 is 0 Å². The van der Waals surface area contributed by atoms with Gasteiger partial charge in [0.2, 0.25) is 0 Å². The van der Waals surface area contributed by atoms with E-state index in [2.05, 4.69) is 16.9 Å². The molecule has 0 aliphatic rings. The molecular weight excluding hydrogens is 213 g/mol. The summed E-state index contributed by atoms with van der Waals surface area (Å²) < 4.78 is 12.4. The maximum absolute atomic E-state index is 12.4. The SMILES string of the molecule is Fc1ccc(C[As])c(Cl)c1. The monoisotopic (exact) mass is 218 g/mol. The molecule has 0 N–H and O–H groups in total. The van der Waals surface area contributed by atoms with E-state index < -0.39 is 0 Å². The van der Waals surface area contributed by atoms with Gasteiger partial charge in [0.15, 0.2) is 0 Å². The summed E-state index contributed by atoms with van der Waals surface area (Å²) in [6.45, 7) is 0. The zero-order valence-electron chi connectivity index (χ0n) is 5.14. The van der Waals surface area contributed by atoms with E-state index in [1.54, 1.807) is 6.07 Å². The van der Waals surface area contributed by atoms with E-state index in [9.17, 15) is 4.39 Å². The number of benzene rings is 1. The van der Waals surface area contributed by atoms with Crippen molar-refractivity contribution in [2.24, 2.45) is 0 Å². The standard InChI is InChI=1S/C7H5AsClF/c8-4-5-1-2-6(10)3-7(5)9/h1-3H,4H2. The Hall–Kier alpha value is -0.00156. The Balaban J connectivity index is 3.07. The van der Waals surface area contributed by atoms with Crippen molar-refractivity contribution in [2.75, 3.05) is 0 Å². The third kappa shape index (κ3) is 1.74. The summed E-state index contributed by atoms with van der Waals surface area (Å²) in [5.74, 6) is -0.283. The van der Waals surface area contributed by atoms with Crippen LogP contribution in [-0.4, -0.2) is 16.9 Å². The predicted molar refractivity (Wildman–Crippen MR) is 40.9 cm³/mol. The third-order valence-corrected chi connectivity index (χ3v) is 2.25. The molecule has 52 valence electrons. The topological polar surface area (TPSA) is 0 Å². The molecule has 0 saturated heterocycles. The predicted octanol–water partition coefficient (Wildman–Crippen LogP) is 2.15. The zero-order chi connectivity index (χ0) is 7.56. The van der Waals surface area contributed by atoms with Gasteiger partial charge in [-0.15, -0.1) is 0 Å². The summed E-state index contributed by atoms with van der Waals surface area (Å²) in [4.78, 5) is 0. The summed E-state index contributed by atoms with van der Waals surface area (Å²) in [6.07, 6.45) is 0. The van der Waals surface area contributed by atoms with E-state index in [1.165, 1.54) is 12.1 Å². The molecule has 2 radical (unpaired) electrons. The van der Waals surface area contributed by atoms with Gasteiger partial charge in [0.05, 0.1) is 0 Å². The van der Waals surface area contributed by atoms with Crippen LogP contribution >= 0.6 is 11.6 Å². The molecule has 0 aliphatic heterocycles. The second-order valence-corrected chi connectivity index (χ2v) is 2.96. The number of rotatable bonds is 1. The average molecular weight is 218 g/mol. The van der Waals surface area contributed by atoms with Crippen LogP contribution in [0.25, 0.3) is 0 Å². The van der Waals surface area contributed by atoms with Gasteiger partial charge >= 0.3 is 72.7 Å². The van der Waals surface area contributed by atoms with Crippen molar-refractivity contribution < 1.29 is 4.39 Å². The summed E-state index contributed by atoms with van der Waals surface area (Å²) in [7, 11) is 0. The summed E-state index contributed by atoms with van der Waals surface area (Å²) in [5.41, 5.74) is 0.961. The average Bonchev–Trinajstić information content (AvgIpc) is 1.88. The van der Waals surface area contributed by atoms with E-state index in [4.69, 9.17) is 11.6 Å². The normalized spacial score (nSPS) is 9.90. The maximum atomic E-state index is 12.4. The fourth-order valence-corrected chi connectivity index (χ4v) is 1.67. The van der Waals surface area contributed by atoms with Crippen molar-refractivity contribution in [3.05, 3.63) is 34.6 Å². The van der Waals surface area contributed by atoms with Crippen molar-refractivity contribution in [3.8, 4) is 0 Å². The Morgan fingerprint density at radius 1 is 1.50 bits per heavy atom. The van der Waals surface area contributed by atoms with E-state index in [-0.39, 0.29) is 5.82 Å². The van der Waals surface area contributed by atoms with Gasteiger partial charge in [0, 0.05) is 0 Å². The molecule has 0 saturated carbocycles. The van der Waals surface area contributed by atoms with Gasteiger partial charge in [-0.3, -0.25) is 0 Å². The first-order valence-corrected chi connectivity index (χ1v) is 4.49. The number of hydrogen-bond donors (Lipinski definition) is 0. The molecule has 0 heterocycles. The fraction of sp³-hybridized carbons (Fsp3) is 0.143. The molecule has 1 aromatic carbocycles. The number of hydrogen-bond acceptors (Lipinski definition) is 0. The van der Waals surface area contributed by atoms with Crippen LogP contribution in [0.4, 0.5) is 4.39 Å². The molecular formula is C7H5AsClF. The molecule has 0 amide bonds. The fourth-order valence-electron chi connectivity index (χ4n) is 0.650. The van der Waals surface area contributed by atoms with E-state index >= 15 is 0 Å². The molecule has 0 bridgehead atoms. The van der Waals surface area contributed by atoms with Crippen molar-refractivity contribution in [1.29, 1.82) is 0 Å². The Kier molecular flexibility index (Phi) is 2.76. The van der Waals surface area contributed by atoms with E-state index in [0.717, 1.165) is 10.8 Å². The van der Waals surface area contributed by atoms with E-state index in [1.807, 2.05) is 0 Å². The number of halogens is 2. The molecule has 1 aromatic rings. The van der Waals surface area contributed by atoms with Gasteiger partial charge in [-0.1, -0.05) is 0 Å². The molecule has 1 rings (SSSR count). The van der Waals surface area contributed by atoms with Crippen LogP contribution in [0.5, 0.6) is 0 Å². The van der Waals surface area contributed by atoms with E-state index in [0.29, 0.717) is 5.02 Å².